The number of aryl methyl sites for hydroxylation is 1. The highest BCUT2D eigenvalue weighted by Crippen LogP contribution is 2.49. The minimum Gasteiger partial charge on any atom is -0.501 e. The first-order chi connectivity index (χ1) is 19.4. The number of nitrogens with one attached hydrogen (secondary N) is 2. The Labute approximate surface area is 241 Å². The molecule has 3 aliphatic rings. The molecular weight excluding hydrogens is 575 g/mol. The summed E-state index contributed by atoms with van der Waals surface area (Å²) < 4.78 is 47.0. The van der Waals surface area contributed by atoms with Crippen LogP contribution in [0.2, 0.25) is 5.02 Å². The van der Waals surface area contributed by atoms with Crippen LogP contribution in [0.15, 0.2) is 52.2 Å². The van der Waals surface area contributed by atoms with E-state index >= 15 is 0 Å². The molecule has 2 bridgehead atoms. The van der Waals surface area contributed by atoms with Crippen LogP contribution < -0.4 is 16.2 Å². The topological polar surface area (TPSA) is 140 Å². The summed E-state index contributed by atoms with van der Waals surface area (Å²) >= 11 is 5.82. The average molecular weight is 605 g/mol. The molecule has 1 amide bonds. The molecule has 0 radical (unpaired) electrons. The number of benzene rings is 2. The van der Waals surface area contributed by atoms with Crippen molar-refractivity contribution in [1.82, 2.24) is 20.2 Å². The Morgan fingerprint density at radius 3 is 2.51 bits per heavy atom. The van der Waals surface area contributed by atoms with E-state index in [9.17, 15) is 27.5 Å². The van der Waals surface area contributed by atoms with Gasteiger partial charge in [0.25, 0.3) is 21.6 Å². The quantitative estimate of drug-likeness (QED) is 0.333. The molecule has 10 nitrogen and oxygen atoms in total. The predicted molar refractivity (Wildman–Crippen MR) is 149 cm³/mol. The molecule has 3 heterocycles. The maximum Gasteiger partial charge on any atom is 0.296 e. The van der Waals surface area contributed by atoms with Gasteiger partial charge in [0.2, 0.25) is 5.75 Å². The van der Waals surface area contributed by atoms with Gasteiger partial charge in [0, 0.05) is 24.1 Å². The van der Waals surface area contributed by atoms with Crippen LogP contribution in [0.3, 0.4) is 0 Å². The summed E-state index contributed by atoms with van der Waals surface area (Å²) in [6, 6.07) is 10.7. The second-order valence-electron chi connectivity index (χ2n) is 10.8. The van der Waals surface area contributed by atoms with Crippen LogP contribution in [0.4, 0.5) is 4.39 Å². The lowest BCUT2D eigenvalue weighted by atomic mass is 9.69. The Kier molecular flexibility index (Phi) is 7.70. The van der Waals surface area contributed by atoms with Crippen molar-refractivity contribution in [2.24, 2.45) is 5.41 Å². The Morgan fingerprint density at radius 1 is 1.17 bits per heavy atom. The summed E-state index contributed by atoms with van der Waals surface area (Å²) in [5.41, 5.74) is -1.79. The van der Waals surface area contributed by atoms with Gasteiger partial charge in [-0.2, -0.15) is 8.42 Å². The highest BCUT2D eigenvalue weighted by molar-refractivity contribution is 7.86. The lowest BCUT2D eigenvalue weighted by Gasteiger charge is -2.41. The number of carbonyl (C=O) groups excluding carboxylic acids is 1. The standard InChI is InChI=1S/C28H30ClFN4O6S/c1-17-6-8-19(9-7-17)41(38,39)40-16-27-10-12-28(31-2,13-11-27)26-33-22(23(35)25(37)34(26)15-27)24(36)32-14-18-4-3-5-20(29)21(18)30/h3-9,31,35H,10-16H2,1-2H3,(H,32,36). The van der Waals surface area contributed by atoms with E-state index in [1.165, 1.54) is 34.9 Å². The van der Waals surface area contributed by atoms with Gasteiger partial charge < -0.3 is 15.7 Å². The van der Waals surface area contributed by atoms with Crippen LogP contribution in [0, 0.1) is 18.2 Å². The van der Waals surface area contributed by atoms with E-state index in [1.54, 1.807) is 19.2 Å². The van der Waals surface area contributed by atoms with Crippen LogP contribution in [0.1, 0.15) is 53.1 Å². The first kappa shape index (κ1) is 29.2. The van der Waals surface area contributed by atoms with E-state index in [0.717, 1.165) is 5.56 Å². The Morgan fingerprint density at radius 2 is 1.85 bits per heavy atom. The highest BCUT2D eigenvalue weighted by Gasteiger charge is 2.50. The van der Waals surface area contributed by atoms with Crippen molar-refractivity contribution in [3.63, 3.8) is 0 Å². The third-order valence-electron chi connectivity index (χ3n) is 8.23. The van der Waals surface area contributed by atoms with Gasteiger partial charge in [-0.15, -0.1) is 0 Å². The summed E-state index contributed by atoms with van der Waals surface area (Å²) in [5, 5.41) is 16.4. The molecule has 218 valence electrons. The van der Waals surface area contributed by atoms with E-state index in [1.807, 2.05) is 6.92 Å². The SMILES string of the molecule is CNC12CCC(COS(=O)(=O)c3ccc(C)cc3)(CC1)Cn1c2nc(C(=O)NCc2cccc(Cl)c2F)c(O)c1=O. The Bertz CT molecular complexity index is 1670. The molecule has 1 aromatic heterocycles. The second kappa shape index (κ2) is 10.8. The molecule has 1 fully saturated rings. The molecule has 0 atom stereocenters. The van der Waals surface area contributed by atoms with Gasteiger partial charge in [0.05, 0.1) is 22.1 Å². The molecule has 0 saturated heterocycles. The van der Waals surface area contributed by atoms with Gasteiger partial charge in [0.1, 0.15) is 11.6 Å². The fourth-order valence-corrected chi connectivity index (χ4v) is 6.82. The van der Waals surface area contributed by atoms with Gasteiger partial charge in [-0.3, -0.25) is 18.3 Å². The highest BCUT2D eigenvalue weighted by atomic mass is 35.5. The van der Waals surface area contributed by atoms with Gasteiger partial charge in [0.15, 0.2) is 5.69 Å². The maximum atomic E-state index is 14.3. The van der Waals surface area contributed by atoms with Crippen LogP contribution in [0.5, 0.6) is 5.75 Å². The molecule has 0 spiro atoms. The van der Waals surface area contributed by atoms with Crippen LogP contribution in [-0.4, -0.2) is 42.6 Å². The van der Waals surface area contributed by atoms with E-state index in [4.69, 9.17) is 15.8 Å². The number of hydrogen-bond acceptors (Lipinski definition) is 8. The Balaban J connectivity index is 1.44. The largest absolute Gasteiger partial charge is 0.501 e. The molecular formula is C28H30ClFN4O6S. The normalized spacial score (nSPS) is 21.8. The zero-order chi connectivity index (χ0) is 29.6. The fourth-order valence-electron chi connectivity index (χ4n) is 5.61. The van der Waals surface area contributed by atoms with Crippen LogP contribution >= 0.6 is 11.6 Å². The van der Waals surface area contributed by atoms with Crippen molar-refractivity contribution < 1.29 is 26.9 Å². The van der Waals surface area contributed by atoms with Gasteiger partial charge >= 0.3 is 0 Å². The molecule has 2 aromatic carbocycles. The molecule has 0 unspecified atom stereocenters. The number of halogens is 2. The van der Waals surface area contributed by atoms with Gasteiger partial charge in [-0.1, -0.05) is 41.4 Å². The summed E-state index contributed by atoms with van der Waals surface area (Å²) in [7, 11) is -2.32. The van der Waals surface area contributed by atoms with Gasteiger partial charge in [-0.25, -0.2) is 9.37 Å². The minimum atomic E-state index is -4.04. The van der Waals surface area contributed by atoms with Crippen molar-refractivity contribution in [1.29, 1.82) is 0 Å². The number of amides is 1. The number of aromatic nitrogens is 2. The van der Waals surface area contributed by atoms with Crippen molar-refractivity contribution in [3.8, 4) is 5.75 Å². The lowest BCUT2D eigenvalue weighted by Crippen LogP contribution is -2.46. The summed E-state index contributed by atoms with van der Waals surface area (Å²) in [6.45, 7) is 1.50. The van der Waals surface area contributed by atoms with Crippen molar-refractivity contribution in [2.75, 3.05) is 13.7 Å². The number of rotatable bonds is 8. The third kappa shape index (κ3) is 5.36. The number of hydrogen-bond donors (Lipinski definition) is 3. The first-order valence-electron chi connectivity index (χ1n) is 13.1. The molecule has 2 aliphatic heterocycles. The maximum absolute atomic E-state index is 14.3. The van der Waals surface area contributed by atoms with Gasteiger partial charge in [-0.05, 0) is 57.9 Å². The molecule has 13 heteroatoms. The summed E-state index contributed by atoms with van der Waals surface area (Å²) in [6.07, 6.45) is 2.00. The smallest absolute Gasteiger partial charge is 0.296 e. The van der Waals surface area contributed by atoms with Crippen molar-refractivity contribution in [2.45, 2.75) is 56.1 Å². The number of aromatic hydroxyl groups is 1. The first-order valence-corrected chi connectivity index (χ1v) is 14.9. The molecule has 41 heavy (non-hydrogen) atoms. The number of nitrogens with zero attached hydrogens (tertiary/aromatic N) is 2. The molecule has 1 saturated carbocycles. The second-order valence-corrected chi connectivity index (χ2v) is 12.8. The molecule has 6 rings (SSSR count). The zero-order valence-electron chi connectivity index (χ0n) is 22.5. The minimum absolute atomic E-state index is 0.0405. The number of fused-ring (bicyclic) bond motifs is 2. The Hall–Kier alpha value is -3.32. The van der Waals surface area contributed by atoms with E-state index in [0.29, 0.717) is 25.7 Å². The average Bonchev–Trinajstić information content (AvgIpc) is 3.19. The van der Waals surface area contributed by atoms with E-state index < -0.39 is 49.8 Å². The summed E-state index contributed by atoms with van der Waals surface area (Å²) in [5.74, 6) is -2.12. The number of carbonyl (C=O) groups is 1. The van der Waals surface area contributed by atoms with E-state index in [-0.39, 0.29) is 41.0 Å². The lowest BCUT2D eigenvalue weighted by molar-refractivity contribution is 0.0629. The monoisotopic (exact) mass is 604 g/mol. The molecule has 3 N–H and O–H groups in total. The molecule has 3 aromatic rings. The van der Waals surface area contributed by atoms with Crippen LogP contribution in [0.25, 0.3) is 0 Å². The third-order valence-corrected chi connectivity index (χ3v) is 9.80. The zero-order valence-corrected chi connectivity index (χ0v) is 24.1. The summed E-state index contributed by atoms with van der Waals surface area (Å²) in [4.78, 5) is 31.0. The van der Waals surface area contributed by atoms with Crippen molar-refractivity contribution >= 4 is 27.6 Å². The fraction of sp³-hybridized carbons (Fsp3) is 0.393. The molecule has 1 aliphatic carbocycles. The van der Waals surface area contributed by atoms with Crippen LogP contribution in [-0.2, 0) is 32.9 Å². The van der Waals surface area contributed by atoms with E-state index in [2.05, 4.69) is 15.6 Å². The van der Waals surface area contributed by atoms with Crippen molar-refractivity contribution in [3.05, 3.63) is 86.3 Å². The predicted octanol–water partition coefficient (Wildman–Crippen LogP) is 3.37.